The Morgan fingerprint density at radius 3 is 2.64 bits per heavy atom. The average Bonchev–Trinajstić information content (AvgIpc) is 3.06. The summed E-state index contributed by atoms with van der Waals surface area (Å²) in [6.45, 7) is 1.46. The van der Waals surface area contributed by atoms with Gasteiger partial charge in [0.15, 0.2) is 11.5 Å². The summed E-state index contributed by atoms with van der Waals surface area (Å²) < 4.78 is 40.2. The van der Waals surface area contributed by atoms with Crippen molar-refractivity contribution in [3.05, 3.63) is 44.5 Å². The van der Waals surface area contributed by atoms with E-state index in [2.05, 4.69) is 15.4 Å². The molecule has 0 unspecified atom stereocenters. The summed E-state index contributed by atoms with van der Waals surface area (Å²) in [5.74, 6) is -0.0782. The van der Waals surface area contributed by atoms with Gasteiger partial charge in [0, 0.05) is 17.5 Å². The third kappa shape index (κ3) is 2.93. The Morgan fingerprint density at radius 1 is 1.32 bits per heavy atom. The first kappa shape index (κ1) is 17.2. The van der Waals surface area contributed by atoms with Gasteiger partial charge in [-0.25, -0.2) is 0 Å². The summed E-state index contributed by atoms with van der Waals surface area (Å²) in [6.07, 6.45) is -4.55. The van der Waals surface area contributed by atoms with Crippen LogP contribution >= 0.6 is 11.6 Å². The summed E-state index contributed by atoms with van der Waals surface area (Å²) in [6, 6.07) is 1.78. The van der Waals surface area contributed by atoms with E-state index in [1.54, 1.807) is 0 Å². The van der Waals surface area contributed by atoms with Crippen LogP contribution < -0.4 is 5.56 Å². The quantitative estimate of drug-likeness (QED) is 0.816. The van der Waals surface area contributed by atoms with Crippen molar-refractivity contribution in [2.45, 2.75) is 19.5 Å². The highest BCUT2D eigenvalue weighted by molar-refractivity contribution is 6.37. The summed E-state index contributed by atoms with van der Waals surface area (Å²) >= 11 is 6.16. The molecular weight excluding hydrogens is 365 g/mol. The maximum absolute atomic E-state index is 13.3. The molecule has 0 spiro atoms. The number of aryl methyl sites for hydroxylation is 1. The van der Waals surface area contributed by atoms with Gasteiger partial charge in [0.1, 0.15) is 6.61 Å². The van der Waals surface area contributed by atoms with Crippen molar-refractivity contribution in [2.75, 3.05) is 6.61 Å². The van der Waals surface area contributed by atoms with Gasteiger partial charge in [-0.2, -0.15) is 13.2 Å². The lowest BCUT2D eigenvalue weighted by Crippen LogP contribution is -2.25. The molecule has 0 bridgehead atoms. The number of hydrogen-bond acceptors (Lipinski definition) is 6. The van der Waals surface area contributed by atoms with Crippen LogP contribution in [0.15, 0.2) is 22.1 Å². The molecule has 11 heteroatoms. The van der Waals surface area contributed by atoms with E-state index < -0.39 is 17.3 Å². The minimum absolute atomic E-state index is 0.0172. The van der Waals surface area contributed by atoms with Crippen LogP contribution in [-0.2, 0) is 11.0 Å². The van der Waals surface area contributed by atoms with E-state index in [1.165, 1.54) is 6.92 Å². The lowest BCUT2D eigenvalue weighted by atomic mass is 9.96. The first-order chi connectivity index (χ1) is 11.7. The van der Waals surface area contributed by atoms with Gasteiger partial charge in [-0.3, -0.25) is 4.79 Å². The minimum Gasteiger partial charge on any atom is -0.424 e. The molecule has 1 aromatic carbocycles. The fraction of sp³-hybridized carbons (Fsp3) is 0.286. The second-order valence-corrected chi connectivity index (χ2v) is 5.56. The maximum atomic E-state index is 13.3. The van der Waals surface area contributed by atoms with E-state index in [4.69, 9.17) is 16.4 Å². The molecule has 1 aliphatic rings. The highest BCUT2D eigenvalue weighted by Gasteiger charge is 2.37. The Balaban J connectivity index is 2.30. The Bertz CT molecular complexity index is 940. The largest absolute Gasteiger partial charge is 0.424 e. The number of halogens is 4. The van der Waals surface area contributed by atoms with E-state index in [-0.39, 0.29) is 51.1 Å². The normalized spacial score (nSPS) is 14.4. The molecule has 0 saturated heterocycles. The van der Waals surface area contributed by atoms with Crippen molar-refractivity contribution in [1.82, 2.24) is 14.9 Å². The van der Waals surface area contributed by atoms with Gasteiger partial charge in [-0.15, -0.1) is 14.9 Å². The molecule has 0 saturated carbocycles. The number of hydrogen-bond donors (Lipinski definition) is 1. The summed E-state index contributed by atoms with van der Waals surface area (Å²) in [5.41, 5.74) is -2.80. The fourth-order valence-electron chi connectivity index (χ4n) is 2.38. The van der Waals surface area contributed by atoms with Gasteiger partial charge in [0.2, 0.25) is 0 Å². The molecule has 1 N–H and O–H groups in total. The predicted molar refractivity (Wildman–Crippen MR) is 80.8 cm³/mol. The molecular formula is C14H10ClF3N4O3. The number of alkyl halides is 3. The van der Waals surface area contributed by atoms with Crippen LogP contribution in [0.5, 0.6) is 0 Å². The molecule has 3 rings (SSSR count). The first-order valence-electron chi connectivity index (χ1n) is 6.96. The molecule has 0 fully saturated rings. The molecule has 0 amide bonds. The van der Waals surface area contributed by atoms with Crippen molar-refractivity contribution in [1.29, 1.82) is 0 Å². The number of aromatic nitrogens is 3. The number of rotatable bonds is 2. The molecule has 1 aliphatic heterocycles. The van der Waals surface area contributed by atoms with Gasteiger partial charge >= 0.3 is 11.7 Å². The zero-order chi connectivity index (χ0) is 18.4. The monoisotopic (exact) mass is 374 g/mol. The third-order valence-electron chi connectivity index (χ3n) is 3.59. The smallest absolute Gasteiger partial charge is 0.417 e. The molecule has 2 heterocycles. The summed E-state index contributed by atoms with van der Waals surface area (Å²) in [4.78, 5) is 16.9. The van der Waals surface area contributed by atoms with Crippen molar-refractivity contribution >= 4 is 17.3 Å². The van der Waals surface area contributed by atoms with Crippen LogP contribution in [0.2, 0.25) is 5.02 Å². The lowest BCUT2D eigenvalue weighted by Gasteiger charge is -2.16. The summed E-state index contributed by atoms with van der Waals surface area (Å²) in [5, 5.41) is 20.1. The minimum atomic E-state index is -4.68. The predicted octanol–water partition coefficient (Wildman–Crippen LogP) is 2.65. The number of nitrogens with zero attached hydrogens (tertiary/aromatic N) is 4. The molecule has 132 valence electrons. The van der Waals surface area contributed by atoms with Gasteiger partial charge in [0.05, 0.1) is 16.3 Å². The first-order valence-corrected chi connectivity index (χ1v) is 7.34. The van der Waals surface area contributed by atoms with Crippen LogP contribution in [0.3, 0.4) is 0 Å². The standard InChI is InChI=1S/C14H10ClF3N4O3/c1-6-19-20-12(13(23)22(6)24)7-2-3-8(14(16,17)18)10(11(7)15)9-4-5-25-21-9/h2-3,24H,4-5H2,1H3. The molecule has 0 radical (unpaired) electrons. The highest BCUT2D eigenvalue weighted by Crippen LogP contribution is 2.40. The van der Waals surface area contributed by atoms with Crippen LogP contribution in [-0.4, -0.2) is 32.5 Å². The van der Waals surface area contributed by atoms with E-state index in [0.717, 1.165) is 12.1 Å². The zero-order valence-corrected chi connectivity index (χ0v) is 13.4. The van der Waals surface area contributed by atoms with Gasteiger partial charge < -0.3 is 10.0 Å². The van der Waals surface area contributed by atoms with Gasteiger partial charge in [-0.05, 0) is 13.0 Å². The lowest BCUT2D eigenvalue weighted by molar-refractivity contribution is -0.137. The van der Waals surface area contributed by atoms with Crippen LogP contribution in [0.25, 0.3) is 11.3 Å². The average molecular weight is 375 g/mol. The second-order valence-electron chi connectivity index (χ2n) is 5.18. The molecule has 1 aromatic heterocycles. The zero-order valence-electron chi connectivity index (χ0n) is 12.6. The molecule has 0 aliphatic carbocycles. The van der Waals surface area contributed by atoms with Crippen LogP contribution in [0.4, 0.5) is 13.2 Å². The summed E-state index contributed by atoms with van der Waals surface area (Å²) in [7, 11) is 0. The topological polar surface area (TPSA) is 89.6 Å². The third-order valence-corrected chi connectivity index (χ3v) is 3.98. The Morgan fingerprint density at radius 2 is 2.04 bits per heavy atom. The SMILES string of the molecule is Cc1nnc(-c2ccc(C(F)(F)F)c(C3=NOCC3)c2Cl)c(=O)n1O. The Hall–Kier alpha value is -2.62. The van der Waals surface area contributed by atoms with Crippen molar-refractivity contribution in [3.63, 3.8) is 0 Å². The number of oxime groups is 1. The molecule has 7 nitrogen and oxygen atoms in total. The number of benzene rings is 1. The van der Waals surface area contributed by atoms with Crippen molar-refractivity contribution in [3.8, 4) is 11.3 Å². The van der Waals surface area contributed by atoms with Crippen LogP contribution in [0.1, 0.15) is 23.4 Å². The highest BCUT2D eigenvalue weighted by atomic mass is 35.5. The van der Waals surface area contributed by atoms with E-state index in [1.807, 2.05) is 0 Å². The Kier molecular flexibility index (Phi) is 4.15. The molecule has 0 atom stereocenters. The van der Waals surface area contributed by atoms with E-state index >= 15 is 0 Å². The van der Waals surface area contributed by atoms with Crippen LogP contribution in [0, 0.1) is 6.92 Å². The maximum Gasteiger partial charge on any atom is 0.417 e. The van der Waals surface area contributed by atoms with Crippen molar-refractivity contribution < 1.29 is 23.2 Å². The molecule has 2 aromatic rings. The second kappa shape index (κ2) is 6.03. The van der Waals surface area contributed by atoms with E-state index in [9.17, 15) is 23.2 Å². The van der Waals surface area contributed by atoms with E-state index in [0.29, 0.717) is 0 Å². The Labute approximate surface area is 143 Å². The van der Waals surface area contributed by atoms with Gasteiger partial charge in [-0.1, -0.05) is 22.8 Å². The van der Waals surface area contributed by atoms with Gasteiger partial charge in [0.25, 0.3) is 0 Å². The molecule has 25 heavy (non-hydrogen) atoms. The fourth-order valence-corrected chi connectivity index (χ4v) is 2.75. The van der Waals surface area contributed by atoms with Crippen molar-refractivity contribution in [2.24, 2.45) is 5.16 Å².